The van der Waals surface area contributed by atoms with Crippen LogP contribution in [-0.4, -0.2) is 56.5 Å². The summed E-state index contributed by atoms with van der Waals surface area (Å²) >= 11 is 0. The Morgan fingerprint density at radius 3 is 2.56 bits per heavy atom. The van der Waals surface area contributed by atoms with Crippen molar-refractivity contribution in [1.82, 2.24) is 9.62 Å². The molecule has 0 saturated heterocycles. The van der Waals surface area contributed by atoms with Crippen molar-refractivity contribution in [2.24, 2.45) is 0 Å². The first kappa shape index (κ1) is 19.2. The largest absolute Gasteiger partial charge is 0.495 e. The number of methoxy groups -OCH3 is 1. The molecule has 2 N–H and O–H groups in total. The second kappa shape index (κ2) is 7.83. The first-order chi connectivity index (χ1) is 11.8. The van der Waals surface area contributed by atoms with E-state index in [-0.39, 0.29) is 35.2 Å². The van der Waals surface area contributed by atoms with Crippen LogP contribution in [-0.2, 0) is 14.8 Å². The van der Waals surface area contributed by atoms with Crippen molar-refractivity contribution < 1.29 is 27.9 Å². The highest BCUT2D eigenvalue weighted by Crippen LogP contribution is 2.28. The zero-order chi connectivity index (χ0) is 18.6. The van der Waals surface area contributed by atoms with Gasteiger partial charge in [-0.3, -0.25) is 9.59 Å². The van der Waals surface area contributed by atoms with E-state index in [0.717, 1.165) is 12.8 Å². The zero-order valence-corrected chi connectivity index (χ0v) is 15.0. The molecule has 0 unspecified atom stereocenters. The Morgan fingerprint density at radius 2 is 2.04 bits per heavy atom. The standard InChI is InChI=1S/C16H22N2O6S/c1-3-18(9-8-15(19)20)16(21)11-4-7-13(24-2)14(10-11)25(22,23)17-12-5-6-12/h4,7,10,12,17H,3,5-6,8-9H2,1-2H3,(H,19,20). The molecule has 1 fully saturated rings. The average molecular weight is 370 g/mol. The van der Waals surface area contributed by atoms with Gasteiger partial charge in [-0.15, -0.1) is 0 Å². The van der Waals surface area contributed by atoms with Gasteiger partial charge in [-0.1, -0.05) is 0 Å². The Bertz CT molecular complexity index is 758. The van der Waals surface area contributed by atoms with E-state index < -0.39 is 21.9 Å². The number of aliphatic carboxylic acids is 1. The van der Waals surface area contributed by atoms with E-state index in [1.807, 2.05) is 0 Å². The number of benzene rings is 1. The molecule has 1 aromatic carbocycles. The lowest BCUT2D eigenvalue weighted by atomic mass is 10.2. The van der Waals surface area contributed by atoms with Gasteiger partial charge < -0.3 is 14.7 Å². The molecule has 1 aromatic rings. The lowest BCUT2D eigenvalue weighted by molar-refractivity contribution is -0.137. The molecule has 0 spiro atoms. The number of amides is 1. The lowest BCUT2D eigenvalue weighted by Crippen LogP contribution is -2.33. The van der Waals surface area contributed by atoms with Gasteiger partial charge in [0.2, 0.25) is 10.0 Å². The number of carboxylic acids is 1. The molecule has 1 aliphatic rings. The summed E-state index contributed by atoms with van der Waals surface area (Å²) < 4.78 is 32.7. The van der Waals surface area contributed by atoms with E-state index >= 15 is 0 Å². The molecule has 1 saturated carbocycles. The highest BCUT2D eigenvalue weighted by molar-refractivity contribution is 7.89. The molecule has 0 aliphatic heterocycles. The van der Waals surface area contributed by atoms with Crippen molar-refractivity contribution in [2.45, 2.75) is 37.1 Å². The summed E-state index contributed by atoms with van der Waals surface area (Å²) in [6, 6.07) is 4.10. The quantitative estimate of drug-likeness (QED) is 0.672. The van der Waals surface area contributed by atoms with E-state index in [1.54, 1.807) is 6.92 Å². The SMILES string of the molecule is CCN(CCC(=O)O)C(=O)c1ccc(OC)c(S(=O)(=O)NC2CC2)c1. The first-order valence-corrected chi connectivity index (χ1v) is 9.48. The number of hydrogen-bond acceptors (Lipinski definition) is 5. The zero-order valence-electron chi connectivity index (χ0n) is 14.2. The molecular weight excluding hydrogens is 348 g/mol. The minimum absolute atomic E-state index is 0.0547. The fraction of sp³-hybridized carbons (Fsp3) is 0.500. The van der Waals surface area contributed by atoms with Crippen molar-refractivity contribution in [3.05, 3.63) is 23.8 Å². The van der Waals surface area contributed by atoms with Crippen LogP contribution in [0.3, 0.4) is 0 Å². The van der Waals surface area contributed by atoms with Gasteiger partial charge in [-0.2, -0.15) is 0 Å². The number of ether oxygens (including phenoxy) is 1. The Hall–Kier alpha value is -2.13. The van der Waals surface area contributed by atoms with E-state index in [1.165, 1.54) is 30.2 Å². The number of carboxylic acid groups (broad SMARTS) is 1. The molecule has 1 aliphatic carbocycles. The third-order valence-electron chi connectivity index (χ3n) is 3.86. The van der Waals surface area contributed by atoms with Gasteiger partial charge in [-0.05, 0) is 38.0 Å². The maximum absolute atomic E-state index is 12.6. The van der Waals surface area contributed by atoms with Crippen molar-refractivity contribution in [3.63, 3.8) is 0 Å². The Kier molecular flexibility index (Phi) is 6.02. The van der Waals surface area contributed by atoms with E-state index in [0.29, 0.717) is 6.54 Å². The Morgan fingerprint density at radius 1 is 1.36 bits per heavy atom. The summed E-state index contributed by atoms with van der Waals surface area (Å²) in [6.45, 7) is 2.11. The number of nitrogens with zero attached hydrogens (tertiary/aromatic N) is 1. The maximum atomic E-state index is 12.6. The van der Waals surface area contributed by atoms with Gasteiger partial charge in [-0.25, -0.2) is 13.1 Å². The summed E-state index contributed by atoms with van der Waals surface area (Å²) in [5.41, 5.74) is 0.171. The normalized spacial score (nSPS) is 14.2. The van der Waals surface area contributed by atoms with Gasteiger partial charge in [0.25, 0.3) is 5.91 Å². The lowest BCUT2D eigenvalue weighted by Gasteiger charge is -2.21. The number of rotatable bonds is 9. The van der Waals surface area contributed by atoms with Crippen LogP contribution >= 0.6 is 0 Å². The molecule has 138 valence electrons. The molecule has 0 atom stereocenters. The van der Waals surface area contributed by atoms with Crippen LogP contribution < -0.4 is 9.46 Å². The second-order valence-corrected chi connectivity index (χ2v) is 7.47. The summed E-state index contributed by atoms with van der Waals surface area (Å²) in [7, 11) is -2.43. The number of carbonyl (C=O) groups excluding carboxylic acids is 1. The fourth-order valence-electron chi connectivity index (χ4n) is 2.32. The van der Waals surface area contributed by atoms with Gasteiger partial charge >= 0.3 is 5.97 Å². The molecule has 25 heavy (non-hydrogen) atoms. The van der Waals surface area contributed by atoms with Crippen LogP contribution in [0.15, 0.2) is 23.1 Å². The van der Waals surface area contributed by atoms with E-state index in [4.69, 9.17) is 9.84 Å². The predicted octanol–water partition coefficient (Wildman–Crippen LogP) is 1.07. The Labute approximate surface area is 146 Å². The Balaban J connectivity index is 2.30. The van der Waals surface area contributed by atoms with E-state index in [2.05, 4.69) is 4.72 Å². The molecule has 8 nitrogen and oxygen atoms in total. The van der Waals surface area contributed by atoms with Gasteiger partial charge in [0.1, 0.15) is 10.6 Å². The van der Waals surface area contributed by atoms with Crippen molar-refractivity contribution in [3.8, 4) is 5.75 Å². The molecule has 9 heteroatoms. The number of carbonyl (C=O) groups is 2. The number of hydrogen-bond donors (Lipinski definition) is 2. The van der Waals surface area contributed by atoms with Gasteiger partial charge in [0.05, 0.1) is 13.5 Å². The highest BCUT2D eigenvalue weighted by atomic mass is 32.2. The smallest absolute Gasteiger partial charge is 0.305 e. The van der Waals surface area contributed by atoms with Crippen molar-refractivity contribution in [1.29, 1.82) is 0 Å². The second-order valence-electron chi connectivity index (χ2n) is 5.79. The molecule has 0 heterocycles. The molecule has 0 radical (unpaired) electrons. The molecule has 1 amide bonds. The van der Waals surface area contributed by atoms with Crippen LogP contribution in [0.4, 0.5) is 0 Å². The first-order valence-electron chi connectivity index (χ1n) is 8.00. The summed E-state index contributed by atoms with van der Waals surface area (Å²) in [5, 5.41) is 8.78. The minimum Gasteiger partial charge on any atom is -0.495 e. The monoisotopic (exact) mass is 370 g/mol. The van der Waals surface area contributed by atoms with Crippen LogP contribution in [0.1, 0.15) is 36.5 Å². The molecule has 2 rings (SSSR count). The third-order valence-corrected chi connectivity index (χ3v) is 5.41. The topological polar surface area (TPSA) is 113 Å². The third kappa shape index (κ3) is 4.93. The summed E-state index contributed by atoms with van der Waals surface area (Å²) in [4.78, 5) is 24.6. The van der Waals surface area contributed by atoms with Crippen LogP contribution in [0, 0.1) is 0 Å². The van der Waals surface area contributed by atoms with Crippen LogP contribution in [0.2, 0.25) is 0 Å². The van der Waals surface area contributed by atoms with Gasteiger partial charge in [0, 0.05) is 24.7 Å². The van der Waals surface area contributed by atoms with Gasteiger partial charge in [0.15, 0.2) is 0 Å². The van der Waals surface area contributed by atoms with Crippen molar-refractivity contribution >= 4 is 21.9 Å². The molecule has 0 aromatic heterocycles. The molecule has 0 bridgehead atoms. The maximum Gasteiger partial charge on any atom is 0.305 e. The summed E-state index contributed by atoms with van der Waals surface area (Å²) in [5.74, 6) is -1.27. The van der Waals surface area contributed by atoms with E-state index in [9.17, 15) is 18.0 Å². The number of sulfonamides is 1. The highest BCUT2D eigenvalue weighted by Gasteiger charge is 2.30. The molecular formula is C16H22N2O6S. The average Bonchev–Trinajstić information content (AvgIpc) is 3.37. The predicted molar refractivity (Wildman–Crippen MR) is 90.2 cm³/mol. The van der Waals surface area contributed by atoms with Crippen molar-refractivity contribution in [2.75, 3.05) is 20.2 Å². The van der Waals surface area contributed by atoms with Crippen LogP contribution in [0.5, 0.6) is 5.75 Å². The fourth-order valence-corrected chi connectivity index (χ4v) is 3.82. The summed E-state index contributed by atoms with van der Waals surface area (Å²) in [6.07, 6.45) is 1.40. The minimum atomic E-state index is -3.79. The number of nitrogens with one attached hydrogen (secondary N) is 1. The van der Waals surface area contributed by atoms with Crippen LogP contribution in [0.25, 0.3) is 0 Å².